The van der Waals surface area contributed by atoms with Crippen LogP contribution < -0.4 is 5.32 Å². The zero-order valence-corrected chi connectivity index (χ0v) is 17.3. The maximum absolute atomic E-state index is 12.3. The number of nitrogens with one attached hydrogen (secondary N) is 1. The van der Waals surface area contributed by atoms with Gasteiger partial charge < -0.3 is 14.6 Å². The number of amides is 1. The molecule has 0 saturated heterocycles. The number of methoxy groups -OCH3 is 1. The van der Waals surface area contributed by atoms with Crippen LogP contribution in [0.4, 0.5) is 5.00 Å². The van der Waals surface area contributed by atoms with E-state index >= 15 is 0 Å². The number of aromatic nitrogens is 3. The minimum Gasteiger partial charge on any atom is -0.465 e. The molecular formula is C17H24N4O3S2. The summed E-state index contributed by atoms with van der Waals surface area (Å²) in [6.45, 7) is 8.94. The van der Waals surface area contributed by atoms with Crippen molar-refractivity contribution in [2.45, 2.75) is 51.7 Å². The third kappa shape index (κ3) is 4.85. The summed E-state index contributed by atoms with van der Waals surface area (Å²) in [6, 6.07) is 1.71. The molecule has 1 N–H and O–H groups in total. The SMILES string of the molecule is CCCn1c(SCC(=O)Nc2sc(C)cc2C(=O)OC)nnc1C(C)C. The number of aryl methyl sites for hydroxylation is 1. The summed E-state index contributed by atoms with van der Waals surface area (Å²) in [5.41, 5.74) is 0.379. The molecular weight excluding hydrogens is 372 g/mol. The number of hydrogen-bond donors (Lipinski definition) is 1. The zero-order valence-electron chi connectivity index (χ0n) is 15.7. The monoisotopic (exact) mass is 396 g/mol. The molecule has 1 amide bonds. The lowest BCUT2D eigenvalue weighted by atomic mass is 10.2. The molecule has 0 unspecified atom stereocenters. The van der Waals surface area contributed by atoms with Gasteiger partial charge in [0.2, 0.25) is 5.91 Å². The van der Waals surface area contributed by atoms with Crippen LogP contribution in [-0.2, 0) is 16.1 Å². The van der Waals surface area contributed by atoms with Gasteiger partial charge in [0.25, 0.3) is 0 Å². The highest BCUT2D eigenvalue weighted by atomic mass is 32.2. The summed E-state index contributed by atoms with van der Waals surface area (Å²) >= 11 is 2.70. The number of ether oxygens (including phenoxy) is 1. The number of nitrogens with zero attached hydrogens (tertiary/aromatic N) is 3. The minimum atomic E-state index is -0.457. The number of esters is 1. The second-order valence-electron chi connectivity index (χ2n) is 6.08. The van der Waals surface area contributed by atoms with Gasteiger partial charge in [-0.2, -0.15) is 0 Å². The third-order valence-electron chi connectivity index (χ3n) is 3.55. The van der Waals surface area contributed by atoms with Crippen LogP contribution in [0.15, 0.2) is 11.2 Å². The number of hydrogen-bond acceptors (Lipinski definition) is 7. The molecule has 2 aromatic heterocycles. The Morgan fingerprint density at radius 1 is 1.38 bits per heavy atom. The quantitative estimate of drug-likeness (QED) is 0.541. The van der Waals surface area contributed by atoms with Crippen LogP contribution in [0.1, 0.15) is 54.2 Å². The molecule has 0 spiro atoms. The Morgan fingerprint density at radius 2 is 2.12 bits per heavy atom. The molecule has 142 valence electrons. The average molecular weight is 397 g/mol. The Bertz CT molecular complexity index is 783. The maximum Gasteiger partial charge on any atom is 0.340 e. The van der Waals surface area contributed by atoms with Crippen LogP contribution in [0.3, 0.4) is 0 Å². The predicted molar refractivity (Wildman–Crippen MR) is 104 cm³/mol. The molecule has 0 aromatic carbocycles. The second kappa shape index (κ2) is 9.18. The number of thiophene rings is 1. The average Bonchev–Trinajstić information content (AvgIpc) is 3.16. The van der Waals surface area contributed by atoms with Crippen molar-refractivity contribution in [3.8, 4) is 0 Å². The van der Waals surface area contributed by atoms with Crippen molar-refractivity contribution in [1.29, 1.82) is 0 Å². The number of thioether (sulfide) groups is 1. The molecule has 0 saturated carbocycles. The molecule has 0 bridgehead atoms. The summed E-state index contributed by atoms with van der Waals surface area (Å²) in [6.07, 6.45) is 0.967. The molecule has 7 nitrogen and oxygen atoms in total. The molecule has 0 radical (unpaired) electrons. The first-order valence-corrected chi connectivity index (χ1v) is 10.2. The summed E-state index contributed by atoms with van der Waals surface area (Å²) < 4.78 is 6.83. The molecule has 26 heavy (non-hydrogen) atoms. The van der Waals surface area contributed by atoms with Crippen molar-refractivity contribution in [2.24, 2.45) is 0 Å². The standard InChI is InChI=1S/C17H24N4O3S2/c1-6-7-21-14(10(2)3)19-20-17(21)25-9-13(22)18-15-12(16(23)24-5)8-11(4)26-15/h8,10H,6-7,9H2,1-5H3,(H,18,22). The van der Waals surface area contributed by atoms with Crippen LogP contribution in [0.2, 0.25) is 0 Å². The van der Waals surface area contributed by atoms with Gasteiger partial charge in [0.15, 0.2) is 5.16 Å². The van der Waals surface area contributed by atoms with Crippen LogP contribution in [0.5, 0.6) is 0 Å². The van der Waals surface area contributed by atoms with Crippen molar-refractivity contribution < 1.29 is 14.3 Å². The summed E-state index contributed by atoms with van der Waals surface area (Å²) in [5.74, 6) is 0.739. The summed E-state index contributed by atoms with van der Waals surface area (Å²) in [5, 5.41) is 12.5. The normalized spacial score (nSPS) is 11.0. The van der Waals surface area contributed by atoms with Crippen LogP contribution in [0.25, 0.3) is 0 Å². The van der Waals surface area contributed by atoms with E-state index in [0.717, 1.165) is 28.8 Å². The topological polar surface area (TPSA) is 86.1 Å². The minimum absolute atomic E-state index is 0.192. The van der Waals surface area contributed by atoms with Gasteiger partial charge in [0.05, 0.1) is 18.4 Å². The fourth-order valence-electron chi connectivity index (χ4n) is 2.43. The van der Waals surface area contributed by atoms with Gasteiger partial charge in [-0.25, -0.2) is 4.79 Å². The Morgan fingerprint density at radius 3 is 2.73 bits per heavy atom. The van der Waals surface area contributed by atoms with Gasteiger partial charge >= 0.3 is 5.97 Å². The van der Waals surface area contributed by atoms with Crippen molar-refractivity contribution in [3.63, 3.8) is 0 Å². The highest BCUT2D eigenvalue weighted by Crippen LogP contribution is 2.29. The lowest BCUT2D eigenvalue weighted by molar-refractivity contribution is -0.113. The largest absolute Gasteiger partial charge is 0.465 e. The fraction of sp³-hybridized carbons (Fsp3) is 0.529. The third-order valence-corrected chi connectivity index (χ3v) is 5.49. The lowest BCUT2D eigenvalue weighted by Gasteiger charge is -2.10. The van der Waals surface area contributed by atoms with Gasteiger partial charge in [-0.05, 0) is 19.4 Å². The Kier molecular flexibility index (Phi) is 7.22. The van der Waals surface area contributed by atoms with Crippen molar-refractivity contribution in [1.82, 2.24) is 14.8 Å². The maximum atomic E-state index is 12.3. The van der Waals surface area contributed by atoms with E-state index in [-0.39, 0.29) is 17.6 Å². The van der Waals surface area contributed by atoms with E-state index < -0.39 is 5.97 Å². The Labute approximate surface area is 161 Å². The predicted octanol–water partition coefficient (Wildman–Crippen LogP) is 3.70. The molecule has 2 aromatic rings. The van der Waals surface area contributed by atoms with E-state index in [2.05, 4.69) is 40.9 Å². The molecule has 0 aliphatic rings. The summed E-state index contributed by atoms with van der Waals surface area (Å²) in [4.78, 5) is 25.1. The van der Waals surface area contributed by atoms with Gasteiger partial charge in [-0.1, -0.05) is 32.5 Å². The van der Waals surface area contributed by atoms with Gasteiger partial charge in [-0.15, -0.1) is 21.5 Å². The van der Waals surface area contributed by atoms with E-state index in [1.54, 1.807) is 6.07 Å². The molecule has 9 heteroatoms. The smallest absolute Gasteiger partial charge is 0.340 e. The van der Waals surface area contributed by atoms with Gasteiger partial charge in [0, 0.05) is 17.3 Å². The fourth-order valence-corrected chi connectivity index (χ4v) is 4.12. The molecule has 2 rings (SSSR count). The molecule has 0 aliphatic heterocycles. The Balaban J connectivity index is 2.05. The number of rotatable bonds is 8. The molecule has 0 aliphatic carbocycles. The van der Waals surface area contributed by atoms with Crippen LogP contribution in [-0.4, -0.2) is 39.5 Å². The number of carbonyl (C=O) groups is 2. The Hall–Kier alpha value is -1.87. The highest BCUT2D eigenvalue weighted by Gasteiger charge is 2.19. The van der Waals surface area contributed by atoms with E-state index in [9.17, 15) is 9.59 Å². The first kappa shape index (κ1) is 20.4. The van der Waals surface area contributed by atoms with Gasteiger partial charge in [-0.3, -0.25) is 4.79 Å². The van der Waals surface area contributed by atoms with Crippen LogP contribution >= 0.6 is 23.1 Å². The first-order chi connectivity index (χ1) is 12.4. The van der Waals surface area contributed by atoms with E-state index in [1.165, 1.54) is 30.2 Å². The first-order valence-electron chi connectivity index (χ1n) is 8.41. The lowest BCUT2D eigenvalue weighted by Crippen LogP contribution is -2.16. The molecule has 0 fully saturated rings. The van der Waals surface area contributed by atoms with E-state index in [1.807, 2.05) is 6.92 Å². The number of carbonyl (C=O) groups excluding carboxylic acids is 2. The van der Waals surface area contributed by atoms with Crippen molar-refractivity contribution in [2.75, 3.05) is 18.2 Å². The highest BCUT2D eigenvalue weighted by molar-refractivity contribution is 7.99. The van der Waals surface area contributed by atoms with Crippen LogP contribution in [0, 0.1) is 6.92 Å². The molecule has 0 atom stereocenters. The zero-order chi connectivity index (χ0) is 19.3. The van der Waals surface area contributed by atoms with Gasteiger partial charge in [0.1, 0.15) is 10.8 Å². The van der Waals surface area contributed by atoms with Crippen molar-refractivity contribution >= 4 is 40.0 Å². The number of anilines is 1. The van der Waals surface area contributed by atoms with E-state index in [0.29, 0.717) is 10.6 Å². The second-order valence-corrected chi connectivity index (χ2v) is 8.27. The van der Waals surface area contributed by atoms with E-state index in [4.69, 9.17) is 4.74 Å². The molecule has 2 heterocycles. The summed E-state index contributed by atoms with van der Waals surface area (Å²) in [7, 11) is 1.32. The van der Waals surface area contributed by atoms with Crippen molar-refractivity contribution in [3.05, 3.63) is 22.3 Å².